The summed E-state index contributed by atoms with van der Waals surface area (Å²) < 4.78 is 34.6. The summed E-state index contributed by atoms with van der Waals surface area (Å²) in [6.07, 6.45) is 1.67. The minimum Gasteiger partial charge on any atom is -0.482 e. The van der Waals surface area contributed by atoms with Crippen LogP contribution in [0.5, 0.6) is 5.75 Å². The van der Waals surface area contributed by atoms with Crippen LogP contribution < -0.4 is 14.9 Å². The fourth-order valence-corrected chi connectivity index (χ4v) is 4.12. The molecule has 0 fully saturated rings. The van der Waals surface area contributed by atoms with Crippen molar-refractivity contribution in [1.82, 2.24) is 4.68 Å². The molecule has 164 valence electrons. The first-order valence-corrected chi connectivity index (χ1v) is 10.8. The van der Waals surface area contributed by atoms with Crippen LogP contribution in [-0.2, 0) is 4.79 Å². The van der Waals surface area contributed by atoms with Crippen molar-refractivity contribution in [3.8, 4) is 17.0 Å². The number of nitrogens with zero attached hydrogens (tertiary/aromatic N) is 3. The maximum Gasteiger partial charge on any atom is 0.262 e. The van der Waals surface area contributed by atoms with Crippen LogP contribution >= 0.6 is 11.3 Å². The lowest BCUT2D eigenvalue weighted by Gasteiger charge is -2.18. The van der Waals surface area contributed by atoms with Gasteiger partial charge in [-0.05, 0) is 35.9 Å². The van der Waals surface area contributed by atoms with Gasteiger partial charge < -0.3 is 10.1 Å². The lowest BCUT2D eigenvalue weighted by Crippen LogP contribution is -2.25. The number of carbonyl (C=O) groups excluding carboxylic acids is 1. The van der Waals surface area contributed by atoms with E-state index in [0.29, 0.717) is 21.9 Å². The molecule has 1 N–H and O–H groups in total. The molecule has 1 aliphatic rings. The number of hydrogen-bond acceptors (Lipinski definition) is 5. The van der Waals surface area contributed by atoms with Crippen LogP contribution in [0.2, 0.25) is 0 Å². The number of carbonyl (C=O) groups is 1. The number of aromatic nitrogens is 1. The summed E-state index contributed by atoms with van der Waals surface area (Å²) in [6, 6.07) is 18.1. The summed E-state index contributed by atoms with van der Waals surface area (Å²) in [5.41, 5.74) is 2.85. The van der Waals surface area contributed by atoms with Crippen LogP contribution in [0.4, 0.5) is 20.2 Å². The molecule has 5 rings (SSSR count). The molecule has 0 radical (unpaired) electrons. The topological polar surface area (TPSA) is 68.0 Å². The largest absolute Gasteiger partial charge is 0.482 e. The number of anilines is 1. The Bertz CT molecular complexity index is 1440. The molecular weight excluding hydrogens is 446 g/mol. The highest BCUT2D eigenvalue weighted by Gasteiger charge is 2.18. The number of fused-ring (bicyclic) bond motifs is 1. The van der Waals surface area contributed by atoms with Crippen LogP contribution in [0.3, 0.4) is 0 Å². The van der Waals surface area contributed by atoms with E-state index in [1.807, 2.05) is 41.8 Å². The molecule has 0 aliphatic carbocycles. The number of amides is 1. The van der Waals surface area contributed by atoms with Crippen LogP contribution in [-0.4, -0.2) is 23.4 Å². The fourth-order valence-electron chi connectivity index (χ4n) is 3.27. The molecule has 1 amide bonds. The third-order valence-corrected chi connectivity index (χ3v) is 5.66. The lowest BCUT2D eigenvalue weighted by molar-refractivity contribution is -0.118. The summed E-state index contributed by atoms with van der Waals surface area (Å²) in [7, 11) is 0. The van der Waals surface area contributed by atoms with E-state index in [4.69, 9.17) is 4.74 Å². The Balaban J connectivity index is 1.64. The highest BCUT2D eigenvalue weighted by atomic mass is 32.1. The van der Waals surface area contributed by atoms with Gasteiger partial charge in [0.15, 0.2) is 12.4 Å². The number of nitrogens with one attached hydrogen (secondary N) is 1. The van der Waals surface area contributed by atoms with E-state index in [-0.39, 0.29) is 18.2 Å². The van der Waals surface area contributed by atoms with Gasteiger partial charge in [0.1, 0.15) is 17.3 Å². The minimum atomic E-state index is -0.766. The second-order valence-electron chi connectivity index (χ2n) is 7.13. The normalized spacial score (nSPS) is 13.6. The molecule has 1 aromatic heterocycles. The molecule has 0 saturated heterocycles. The summed E-state index contributed by atoms with van der Waals surface area (Å²) in [5.74, 6) is -1.10. The van der Waals surface area contributed by atoms with Crippen molar-refractivity contribution in [3.63, 3.8) is 0 Å². The van der Waals surface area contributed by atoms with Gasteiger partial charge in [-0.15, -0.1) is 11.3 Å². The fraction of sp³-hybridized carbons (Fsp3) is 0.0417. The SMILES string of the molecule is O=C1COc2ccc(-c3csc(=Nc4ccc(F)cc4F)n3N=Cc3ccccc3)cc2N1. The molecule has 9 heteroatoms. The average Bonchev–Trinajstić information content (AvgIpc) is 3.22. The Morgan fingerprint density at radius 2 is 1.91 bits per heavy atom. The van der Waals surface area contributed by atoms with Crippen molar-refractivity contribution in [2.24, 2.45) is 10.1 Å². The van der Waals surface area contributed by atoms with Crippen LogP contribution in [0.15, 0.2) is 82.2 Å². The van der Waals surface area contributed by atoms with E-state index in [0.717, 1.165) is 23.3 Å². The van der Waals surface area contributed by atoms with Crippen molar-refractivity contribution in [2.75, 3.05) is 11.9 Å². The van der Waals surface area contributed by atoms with Crippen LogP contribution in [0.25, 0.3) is 11.3 Å². The van der Waals surface area contributed by atoms with E-state index in [1.165, 1.54) is 17.4 Å². The van der Waals surface area contributed by atoms with E-state index < -0.39 is 11.6 Å². The molecule has 33 heavy (non-hydrogen) atoms. The van der Waals surface area contributed by atoms with Crippen molar-refractivity contribution < 1.29 is 18.3 Å². The zero-order valence-electron chi connectivity index (χ0n) is 17.0. The van der Waals surface area contributed by atoms with Gasteiger partial charge in [-0.2, -0.15) is 5.10 Å². The van der Waals surface area contributed by atoms with Crippen molar-refractivity contribution in [2.45, 2.75) is 0 Å². The minimum absolute atomic E-state index is 0.000402. The monoisotopic (exact) mass is 462 g/mol. The molecule has 0 saturated carbocycles. The van der Waals surface area contributed by atoms with E-state index in [9.17, 15) is 13.6 Å². The standard InChI is InChI=1S/C24H16F2N4O2S/c25-17-7-8-19(18(26)11-17)29-24-30(27-12-15-4-2-1-3-5-15)21(14-33-24)16-6-9-22-20(10-16)28-23(31)13-32-22/h1-12,14H,13H2,(H,28,31). The van der Waals surface area contributed by atoms with E-state index in [2.05, 4.69) is 15.4 Å². The first-order chi connectivity index (χ1) is 16.1. The Morgan fingerprint density at radius 3 is 2.73 bits per heavy atom. The predicted octanol–water partition coefficient (Wildman–Crippen LogP) is 4.94. The molecule has 6 nitrogen and oxygen atoms in total. The molecule has 1 aliphatic heterocycles. The van der Waals surface area contributed by atoms with E-state index in [1.54, 1.807) is 23.0 Å². The average molecular weight is 462 g/mol. The molecule has 2 heterocycles. The van der Waals surface area contributed by atoms with E-state index >= 15 is 0 Å². The van der Waals surface area contributed by atoms with Gasteiger partial charge in [-0.3, -0.25) is 4.79 Å². The molecule has 0 spiro atoms. The summed E-state index contributed by atoms with van der Waals surface area (Å²) in [5, 5.41) is 9.20. The zero-order chi connectivity index (χ0) is 22.8. The molecule has 0 bridgehead atoms. The van der Waals surface area contributed by atoms with Crippen molar-refractivity contribution in [1.29, 1.82) is 0 Å². The van der Waals surface area contributed by atoms with Crippen LogP contribution in [0, 0.1) is 11.6 Å². The summed E-state index contributed by atoms with van der Waals surface area (Å²) in [4.78, 5) is 16.5. The molecule has 4 aromatic rings. The van der Waals surface area contributed by atoms with Gasteiger partial charge in [0.25, 0.3) is 5.91 Å². The van der Waals surface area contributed by atoms with Gasteiger partial charge in [0.2, 0.25) is 4.80 Å². The van der Waals surface area contributed by atoms with Gasteiger partial charge in [-0.1, -0.05) is 30.3 Å². The first-order valence-electron chi connectivity index (χ1n) is 9.93. The predicted molar refractivity (Wildman–Crippen MR) is 123 cm³/mol. The summed E-state index contributed by atoms with van der Waals surface area (Å²) in [6.45, 7) is -0.0293. The van der Waals surface area contributed by atoms with Crippen molar-refractivity contribution >= 4 is 34.8 Å². The third-order valence-electron chi connectivity index (χ3n) is 4.84. The number of benzene rings is 3. The van der Waals surface area contributed by atoms with Gasteiger partial charge in [0.05, 0.1) is 17.6 Å². The van der Waals surface area contributed by atoms with Crippen molar-refractivity contribution in [3.05, 3.63) is 94.1 Å². The molecule has 0 atom stereocenters. The number of hydrogen-bond donors (Lipinski definition) is 1. The Morgan fingerprint density at radius 1 is 1.06 bits per heavy atom. The number of thiazole rings is 1. The number of halogens is 2. The van der Waals surface area contributed by atoms with Gasteiger partial charge in [0, 0.05) is 17.0 Å². The Kier molecular flexibility index (Phi) is 5.54. The smallest absolute Gasteiger partial charge is 0.262 e. The highest BCUT2D eigenvalue weighted by molar-refractivity contribution is 7.07. The maximum atomic E-state index is 14.2. The zero-order valence-corrected chi connectivity index (χ0v) is 17.9. The van der Waals surface area contributed by atoms with Gasteiger partial charge in [-0.25, -0.2) is 18.4 Å². The highest BCUT2D eigenvalue weighted by Crippen LogP contribution is 2.33. The second-order valence-corrected chi connectivity index (χ2v) is 7.96. The summed E-state index contributed by atoms with van der Waals surface area (Å²) >= 11 is 1.26. The Hall–Kier alpha value is -4.11. The quantitative estimate of drug-likeness (QED) is 0.437. The molecule has 0 unspecified atom stereocenters. The Labute approximate surface area is 191 Å². The lowest BCUT2D eigenvalue weighted by atomic mass is 10.1. The molecule has 3 aromatic carbocycles. The maximum absolute atomic E-state index is 14.2. The third kappa shape index (κ3) is 4.44. The molecular formula is C24H16F2N4O2S. The van der Waals surface area contributed by atoms with Crippen LogP contribution in [0.1, 0.15) is 5.56 Å². The number of rotatable bonds is 4. The van der Waals surface area contributed by atoms with Gasteiger partial charge >= 0.3 is 0 Å². The first kappa shape index (κ1) is 20.8. The number of ether oxygens (including phenoxy) is 1. The second kappa shape index (κ2) is 8.79.